The van der Waals surface area contributed by atoms with Crippen LogP contribution in [-0.2, 0) is 11.2 Å². The van der Waals surface area contributed by atoms with Gasteiger partial charge in [-0.25, -0.2) is 0 Å². The maximum atomic E-state index is 10.3. The molecular formula is C12H17NO3. The van der Waals surface area contributed by atoms with Crippen molar-refractivity contribution in [3.05, 3.63) is 23.8 Å². The van der Waals surface area contributed by atoms with Crippen LogP contribution in [0.4, 0.5) is 5.69 Å². The van der Waals surface area contributed by atoms with Crippen LogP contribution in [0.3, 0.4) is 0 Å². The standard InChI is InChI=1S/C12H17NO3/c1-13(2)10-7-6-9(8-11(10)14)4-3-5-12(15)16/h6-8,14H,3-5H2,1-2H3,(H,15,16). The normalized spacial score (nSPS) is 10.1. The number of benzene rings is 1. The molecule has 1 rings (SSSR count). The fraction of sp³-hybridized carbons (Fsp3) is 0.417. The number of nitrogens with zero attached hydrogens (tertiary/aromatic N) is 1. The van der Waals surface area contributed by atoms with Gasteiger partial charge in [0, 0.05) is 20.5 Å². The number of rotatable bonds is 5. The fourth-order valence-corrected chi connectivity index (χ4v) is 1.55. The lowest BCUT2D eigenvalue weighted by molar-refractivity contribution is -0.137. The molecule has 0 heterocycles. The molecule has 0 saturated carbocycles. The predicted molar refractivity (Wildman–Crippen MR) is 63.0 cm³/mol. The van der Waals surface area contributed by atoms with E-state index in [1.165, 1.54) is 0 Å². The zero-order valence-electron chi connectivity index (χ0n) is 9.60. The molecular weight excluding hydrogens is 206 g/mol. The van der Waals surface area contributed by atoms with E-state index in [4.69, 9.17) is 5.11 Å². The average molecular weight is 223 g/mol. The van der Waals surface area contributed by atoms with Gasteiger partial charge in [0.05, 0.1) is 5.69 Å². The number of aliphatic carboxylic acids is 1. The maximum absolute atomic E-state index is 10.3. The monoisotopic (exact) mass is 223 g/mol. The topological polar surface area (TPSA) is 60.8 Å². The number of hydrogen-bond donors (Lipinski definition) is 2. The quantitative estimate of drug-likeness (QED) is 0.800. The molecule has 0 amide bonds. The highest BCUT2D eigenvalue weighted by Crippen LogP contribution is 2.26. The van der Waals surface area contributed by atoms with Crippen molar-refractivity contribution in [3.63, 3.8) is 0 Å². The number of phenolic OH excluding ortho intramolecular Hbond substituents is 1. The molecule has 16 heavy (non-hydrogen) atoms. The van der Waals surface area contributed by atoms with Gasteiger partial charge in [0.15, 0.2) is 0 Å². The van der Waals surface area contributed by atoms with E-state index < -0.39 is 5.97 Å². The smallest absolute Gasteiger partial charge is 0.303 e. The van der Waals surface area contributed by atoms with Crippen molar-refractivity contribution >= 4 is 11.7 Å². The lowest BCUT2D eigenvalue weighted by Crippen LogP contribution is -2.08. The summed E-state index contributed by atoms with van der Waals surface area (Å²) in [4.78, 5) is 12.2. The molecule has 0 aromatic heterocycles. The summed E-state index contributed by atoms with van der Waals surface area (Å²) >= 11 is 0. The minimum Gasteiger partial charge on any atom is -0.506 e. The molecule has 0 aliphatic carbocycles. The van der Waals surface area contributed by atoms with Gasteiger partial charge in [-0.05, 0) is 30.5 Å². The summed E-state index contributed by atoms with van der Waals surface area (Å²) in [5.74, 6) is -0.549. The number of carboxylic acid groups (broad SMARTS) is 1. The molecule has 0 bridgehead atoms. The van der Waals surface area contributed by atoms with Gasteiger partial charge in [-0.15, -0.1) is 0 Å². The van der Waals surface area contributed by atoms with Gasteiger partial charge in [-0.2, -0.15) is 0 Å². The average Bonchev–Trinajstić information content (AvgIpc) is 2.16. The number of anilines is 1. The summed E-state index contributed by atoms with van der Waals surface area (Å²) in [6.07, 6.45) is 1.43. The Hall–Kier alpha value is -1.71. The summed E-state index contributed by atoms with van der Waals surface area (Å²) in [6.45, 7) is 0. The van der Waals surface area contributed by atoms with E-state index in [1.54, 1.807) is 6.07 Å². The van der Waals surface area contributed by atoms with Crippen molar-refractivity contribution in [1.82, 2.24) is 0 Å². The maximum Gasteiger partial charge on any atom is 0.303 e. The van der Waals surface area contributed by atoms with Gasteiger partial charge in [0.25, 0.3) is 0 Å². The number of phenols is 1. The highest BCUT2D eigenvalue weighted by Gasteiger charge is 2.05. The Bertz CT molecular complexity index is 375. The van der Waals surface area contributed by atoms with Gasteiger partial charge in [-0.1, -0.05) is 6.07 Å². The van der Waals surface area contributed by atoms with Crippen LogP contribution >= 0.6 is 0 Å². The second-order valence-corrected chi connectivity index (χ2v) is 3.96. The zero-order chi connectivity index (χ0) is 12.1. The second kappa shape index (κ2) is 5.39. The molecule has 0 fully saturated rings. The van der Waals surface area contributed by atoms with Crippen molar-refractivity contribution in [3.8, 4) is 5.75 Å². The summed E-state index contributed by atoms with van der Waals surface area (Å²) in [6, 6.07) is 5.44. The van der Waals surface area contributed by atoms with Crippen LogP contribution in [0.15, 0.2) is 18.2 Å². The molecule has 0 atom stereocenters. The first-order valence-electron chi connectivity index (χ1n) is 5.21. The molecule has 0 spiro atoms. The summed E-state index contributed by atoms with van der Waals surface area (Å²) in [7, 11) is 3.72. The summed E-state index contributed by atoms with van der Waals surface area (Å²) in [5, 5.41) is 18.2. The Kier molecular flexibility index (Phi) is 4.17. The van der Waals surface area contributed by atoms with E-state index in [1.807, 2.05) is 31.1 Å². The van der Waals surface area contributed by atoms with Crippen LogP contribution < -0.4 is 4.90 Å². The third-order valence-electron chi connectivity index (χ3n) is 2.38. The van der Waals surface area contributed by atoms with Crippen molar-refractivity contribution in [1.29, 1.82) is 0 Å². The van der Waals surface area contributed by atoms with Crippen molar-refractivity contribution in [2.24, 2.45) is 0 Å². The van der Waals surface area contributed by atoms with Gasteiger partial charge in [0.1, 0.15) is 5.75 Å². The van der Waals surface area contributed by atoms with Crippen molar-refractivity contribution < 1.29 is 15.0 Å². The highest BCUT2D eigenvalue weighted by molar-refractivity contribution is 5.66. The number of aromatic hydroxyl groups is 1. The molecule has 4 heteroatoms. The van der Waals surface area contributed by atoms with Gasteiger partial charge >= 0.3 is 5.97 Å². The number of carbonyl (C=O) groups is 1. The first-order valence-corrected chi connectivity index (χ1v) is 5.21. The third kappa shape index (κ3) is 3.46. The molecule has 2 N–H and O–H groups in total. The Balaban J connectivity index is 2.63. The Labute approximate surface area is 95.1 Å². The SMILES string of the molecule is CN(C)c1ccc(CCCC(=O)O)cc1O. The summed E-state index contributed by atoms with van der Waals surface area (Å²) < 4.78 is 0. The van der Waals surface area contributed by atoms with Crippen LogP contribution in [0, 0.1) is 0 Å². The molecule has 4 nitrogen and oxygen atoms in total. The first kappa shape index (κ1) is 12.4. The minimum absolute atomic E-state index is 0.163. The van der Waals surface area contributed by atoms with E-state index in [0.717, 1.165) is 11.3 Å². The minimum atomic E-state index is -0.783. The van der Waals surface area contributed by atoms with E-state index >= 15 is 0 Å². The lowest BCUT2D eigenvalue weighted by Gasteiger charge is -2.14. The van der Waals surface area contributed by atoms with Crippen LogP contribution in [0.2, 0.25) is 0 Å². The van der Waals surface area contributed by atoms with Gasteiger partial charge in [-0.3, -0.25) is 4.79 Å². The van der Waals surface area contributed by atoms with E-state index in [2.05, 4.69) is 0 Å². The van der Waals surface area contributed by atoms with Crippen LogP contribution in [-0.4, -0.2) is 30.3 Å². The highest BCUT2D eigenvalue weighted by atomic mass is 16.4. The van der Waals surface area contributed by atoms with Crippen LogP contribution in [0.5, 0.6) is 5.75 Å². The van der Waals surface area contributed by atoms with Crippen molar-refractivity contribution in [2.45, 2.75) is 19.3 Å². The largest absolute Gasteiger partial charge is 0.506 e. The molecule has 1 aromatic carbocycles. The van der Waals surface area contributed by atoms with Crippen molar-refractivity contribution in [2.75, 3.05) is 19.0 Å². The fourth-order valence-electron chi connectivity index (χ4n) is 1.55. The molecule has 1 aromatic rings. The zero-order valence-corrected chi connectivity index (χ0v) is 9.60. The molecule has 0 radical (unpaired) electrons. The van der Waals surface area contributed by atoms with Gasteiger partial charge < -0.3 is 15.1 Å². The number of hydrogen-bond acceptors (Lipinski definition) is 3. The van der Waals surface area contributed by atoms with E-state index in [-0.39, 0.29) is 12.2 Å². The van der Waals surface area contributed by atoms with E-state index in [9.17, 15) is 9.90 Å². The first-order chi connectivity index (χ1) is 7.50. The third-order valence-corrected chi connectivity index (χ3v) is 2.38. The Morgan fingerprint density at radius 1 is 1.38 bits per heavy atom. The Morgan fingerprint density at radius 3 is 2.56 bits per heavy atom. The Morgan fingerprint density at radius 2 is 2.06 bits per heavy atom. The predicted octanol–water partition coefficient (Wildman–Crippen LogP) is 1.87. The number of aryl methyl sites for hydroxylation is 1. The number of carboxylic acids is 1. The second-order valence-electron chi connectivity index (χ2n) is 3.96. The van der Waals surface area contributed by atoms with Gasteiger partial charge in [0.2, 0.25) is 0 Å². The molecule has 0 unspecified atom stereocenters. The molecule has 0 aliphatic rings. The van der Waals surface area contributed by atoms with Crippen LogP contribution in [0.25, 0.3) is 0 Å². The molecule has 0 aliphatic heterocycles. The summed E-state index contributed by atoms with van der Waals surface area (Å²) in [5.41, 5.74) is 1.73. The molecule has 0 saturated heterocycles. The van der Waals surface area contributed by atoms with E-state index in [0.29, 0.717) is 12.8 Å². The lowest BCUT2D eigenvalue weighted by atomic mass is 10.1. The molecule has 88 valence electrons. The van der Waals surface area contributed by atoms with Crippen LogP contribution in [0.1, 0.15) is 18.4 Å².